The van der Waals surface area contributed by atoms with Gasteiger partial charge < -0.3 is 28.5 Å². The van der Waals surface area contributed by atoms with Gasteiger partial charge in [0, 0.05) is 24.2 Å². The van der Waals surface area contributed by atoms with Gasteiger partial charge in [-0.05, 0) is 167 Å². The minimum absolute atomic E-state index is 0.0445. The van der Waals surface area contributed by atoms with Gasteiger partial charge in [-0.25, -0.2) is 0 Å². The van der Waals surface area contributed by atoms with Gasteiger partial charge in [-0.1, -0.05) is 59.4 Å². The van der Waals surface area contributed by atoms with E-state index >= 15 is 0 Å². The first-order valence-corrected chi connectivity index (χ1v) is 33.9. The van der Waals surface area contributed by atoms with Crippen LogP contribution in [0, 0.1) is 70.0 Å². The summed E-state index contributed by atoms with van der Waals surface area (Å²) in [5.74, 6) is -6.48. The Balaban J connectivity index is 1.58. The third kappa shape index (κ3) is 13.7. The Kier molecular flexibility index (Phi) is 18.2. The molecule has 0 aromatic rings. The molecule has 1 N–H and O–H groups in total. The molecule has 0 aromatic heterocycles. The third-order valence-corrected chi connectivity index (χ3v) is 33.1. The summed E-state index contributed by atoms with van der Waals surface area (Å²) in [6.07, 6.45) is 2.90. The molecule has 4 fully saturated rings. The first-order chi connectivity index (χ1) is 30.2. The van der Waals surface area contributed by atoms with Crippen LogP contribution in [0.5, 0.6) is 0 Å². The molecule has 4 aliphatic rings. The van der Waals surface area contributed by atoms with E-state index in [1.54, 1.807) is 48.5 Å². The van der Waals surface area contributed by atoms with Crippen molar-refractivity contribution in [1.29, 1.82) is 0 Å². The van der Waals surface area contributed by atoms with Crippen molar-refractivity contribution in [1.82, 2.24) is 0 Å². The number of carbonyl (C=O) groups is 6. The maximum atomic E-state index is 14.7. The van der Waals surface area contributed by atoms with Crippen molar-refractivity contribution in [3.63, 3.8) is 0 Å². The van der Waals surface area contributed by atoms with E-state index in [0.29, 0.717) is 31.1 Å². The van der Waals surface area contributed by atoms with Crippen LogP contribution >= 0.6 is 0 Å². The van der Waals surface area contributed by atoms with E-state index in [2.05, 4.69) is 33.5 Å². The fourth-order valence-electron chi connectivity index (χ4n) is 13.1. The van der Waals surface area contributed by atoms with Gasteiger partial charge in [0.1, 0.15) is 16.8 Å². The number of carbonyl (C=O) groups excluding carboxylic acids is 5. The van der Waals surface area contributed by atoms with E-state index in [9.17, 15) is 33.9 Å². The number of fused-ring (bicyclic) bond motifs is 2. The lowest BCUT2D eigenvalue weighted by atomic mass is 9.57. The lowest BCUT2D eigenvalue weighted by Gasteiger charge is -2.44. The number of carboxylic acid groups (broad SMARTS) is 1. The molecule has 0 aromatic carbocycles. The summed E-state index contributed by atoms with van der Waals surface area (Å²) in [5.41, 5.74) is -3.49. The molecule has 15 heteroatoms. The molecule has 2 aliphatic carbocycles. The zero-order chi connectivity index (χ0) is 50.1. The lowest BCUT2D eigenvalue weighted by Crippen LogP contribution is -2.52. The molecule has 2 saturated carbocycles. The Morgan fingerprint density at radius 3 is 1.97 bits per heavy atom. The molecule has 15 unspecified atom stereocenters. The van der Waals surface area contributed by atoms with E-state index in [1.165, 1.54) is 30.3 Å². The van der Waals surface area contributed by atoms with Crippen LogP contribution in [0.2, 0.25) is 43.1 Å². The third-order valence-electron chi connectivity index (χ3n) is 16.4. The summed E-state index contributed by atoms with van der Waals surface area (Å²) in [5, 5.41) is 11.1. The lowest BCUT2D eigenvalue weighted by molar-refractivity contribution is -0.181. The molecular formula is C51H90O12Si3. The van der Waals surface area contributed by atoms with E-state index in [0.717, 1.165) is 25.4 Å². The summed E-state index contributed by atoms with van der Waals surface area (Å²) >= 11 is 0. The monoisotopic (exact) mass is 979 g/mol. The topological polar surface area (TPSA) is 169 Å². The molecule has 0 amide bonds. The van der Waals surface area contributed by atoms with Crippen molar-refractivity contribution in [2.45, 2.75) is 208 Å². The average Bonchev–Trinajstić information content (AvgIpc) is 3.82. The Hall–Kier alpha value is -2.37. The highest BCUT2D eigenvalue weighted by Crippen LogP contribution is 2.62. The largest absolute Gasteiger partial charge is 0.481 e. The zero-order valence-electron chi connectivity index (χ0n) is 44.1. The van der Waals surface area contributed by atoms with Gasteiger partial charge in [0.15, 0.2) is 8.32 Å². The molecule has 2 heterocycles. The minimum Gasteiger partial charge on any atom is -0.481 e. The van der Waals surface area contributed by atoms with Crippen molar-refractivity contribution >= 4 is 61.7 Å². The summed E-state index contributed by atoms with van der Waals surface area (Å²) < 4.78 is 30.5. The smallest absolute Gasteiger partial charge is 0.318 e. The Morgan fingerprint density at radius 2 is 1.44 bits per heavy atom. The molecule has 2 bridgehead atoms. The van der Waals surface area contributed by atoms with Crippen molar-refractivity contribution in [3.05, 3.63) is 0 Å². The number of hydrogen-bond donors (Lipinski definition) is 1. The molecule has 378 valence electrons. The molecule has 0 spiro atoms. The van der Waals surface area contributed by atoms with Crippen LogP contribution in [-0.2, 0) is 52.1 Å². The van der Waals surface area contributed by atoms with Crippen LogP contribution in [0.15, 0.2) is 0 Å². The molecular weight excluding hydrogens is 889 g/mol. The van der Waals surface area contributed by atoms with Crippen LogP contribution in [0.25, 0.3) is 0 Å². The molecule has 2 saturated heterocycles. The predicted octanol–water partition coefficient (Wildman–Crippen LogP) is 9.96. The summed E-state index contributed by atoms with van der Waals surface area (Å²) in [6.45, 7) is 33.8. The number of hydrogen-bond acceptors (Lipinski definition) is 11. The first-order valence-electron chi connectivity index (χ1n) is 25.5. The van der Waals surface area contributed by atoms with E-state index < -0.39 is 101 Å². The van der Waals surface area contributed by atoms with Gasteiger partial charge >= 0.3 is 35.8 Å². The number of esters is 5. The normalized spacial score (nSPS) is 33.4. The van der Waals surface area contributed by atoms with Gasteiger partial charge in [0.05, 0.1) is 34.5 Å². The van der Waals surface area contributed by atoms with Crippen molar-refractivity contribution in [2.75, 3.05) is 6.61 Å². The Labute approximate surface area is 402 Å². The van der Waals surface area contributed by atoms with E-state index in [1.807, 2.05) is 27.7 Å². The second-order valence-electron chi connectivity index (χ2n) is 25.2. The van der Waals surface area contributed by atoms with Crippen LogP contribution in [0.4, 0.5) is 0 Å². The Bertz CT molecular complexity index is 1760. The first kappa shape index (κ1) is 56.2. The maximum Gasteiger partial charge on any atom is 0.318 e. The zero-order valence-corrected chi connectivity index (χ0v) is 47.4. The number of rotatable bonds is 20. The van der Waals surface area contributed by atoms with Crippen LogP contribution < -0.4 is 0 Å². The van der Waals surface area contributed by atoms with Gasteiger partial charge in [-0.15, -0.1) is 0 Å². The van der Waals surface area contributed by atoms with E-state index in [4.69, 9.17) is 23.4 Å². The van der Waals surface area contributed by atoms with E-state index in [-0.39, 0.29) is 48.9 Å². The number of aliphatic carboxylic acids is 1. The van der Waals surface area contributed by atoms with Crippen LogP contribution in [0.1, 0.15) is 148 Å². The van der Waals surface area contributed by atoms with Crippen molar-refractivity contribution in [3.8, 4) is 0 Å². The second-order valence-corrected chi connectivity index (χ2v) is 37.2. The highest BCUT2D eigenvalue weighted by atomic mass is 28.4. The number of cyclic esters (lactones) is 2. The molecule has 12 nitrogen and oxygen atoms in total. The van der Waals surface area contributed by atoms with Crippen LogP contribution in [0.3, 0.4) is 0 Å². The Morgan fingerprint density at radius 1 is 0.848 bits per heavy atom. The summed E-state index contributed by atoms with van der Waals surface area (Å²) in [4.78, 5) is 83.2. The predicted molar refractivity (Wildman–Crippen MR) is 264 cm³/mol. The summed E-state index contributed by atoms with van der Waals surface area (Å²) in [7, 11) is -3.34. The number of ether oxygens (including phenoxy) is 4. The van der Waals surface area contributed by atoms with Gasteiger partial charge in [0.2, 0.25) is 0 Å². The molecule has 0 radical (unpaired) electrons. The minimum atomic E-state index is -1.89. The fourth-order valence-corrected chi connectivity index (χ4v) is 32.9. The van der Waals surface area contributed by atoms with Crippen molar-refractivity contribution < 1.29 is 57.2 Å². The number of carboxylic acids is 1. The molecule has 4 rings (SSSR count). The second kappa shape index (κ2) is 21.3. The van der Waals surface area contributed by atoms with Gasteiger partial charge in [-0.3, -0.25) is 28.8 Å². The highest BCUT2D eigenvalue weighted by Gasteiger charge is 2.66. The average molecular weight is 980 g/mol. The standard InChI is InChI=1S/C51H90O12Si3/c1-18-32(4)41(52)61-48(9,10)20-21-49(11,12)62-42(53)34(19-2)24-50(13,45(56)57)28-51(14,46(58)63-47(6,7)8)40-39(43(54)60-44(40)55)38-33(5)37-23-35(38)22-36(37)25-59-66(17)27-31(3)26-64(15)29-65(16)30-66/h31-40,64-65H,18-30H2,1-17H3,(H,56,57). The van der Waals surface area contributed by atoms with Crippen LogP contribution in [-0.4, -0.2) is 90.2 Å². The SMILES string of the molecule is CCC(C)C(=O)OC(C)(C)CCC(C)(C)OC(=O)C(CC)CC(C)(CC(C)(C(=O)OC(C)(C)C)C1C(=O)OC(=O)C1C1C2CC(CO[Si]3(C)CC(C)C[SiH](C)C[SiH](C)C3)C(C2)C1C)C(=O)O. The maximum absolute atomic E-state index is 14.7. The van der Waals surface area contributed by atoms with Gasteiger partial charge in [-0.2, -0.15) is 0 Å². The molecule has 66 heavy (non-hydrogen) atoms. The quantitative estimate of drug-likeness (QED) is 0.0531. The molecule has 2 aliphatic heterocycles. The van der Waals surface area contributed by atoms with Gasteiger partial charge in [0.25, 0.3) is 0 Å². The molecule has 15 atom stereocenters. The summed E-state index contributed by atoms with van der Waals surface area (Å²) in [6, 6.07) is 2.64. The highest BCUT2D eigenvalue weighted by molar-refractivity contribution is 6.89. The fraction of sp³-hybridized carbons (Fsp3) is 0.882. The van der Waals surface area contributed by atoms with Crippen molar-refractivity contribution in [2.24, 2.45) is 70.0 Å².